The zero-order valence-electron chi connectivity index (χ0n) is 27.9. The molecular weight excluding hydrogens is 639 g/mol. The molecule has 6 heteroatoms. The van der Waals surface area contributed by atoms with Crippen LogP contribution in [0.2, 0.25) is 0 Å². The van der Waals surface area contributed by atoms with E-state index >= 15 is 0 Å². The average Bonchev–Trinajstić information content (AvgIpc) is 3.82. The Morgan fingerprint density at radius 1 is 0.365 bits per heavy atom. The van der Waals surface area contributed by atoms with Crippen LogP contribution < -0.4 is 0 Å². The Morgan fingerprint density at radius 2 is 0.865 bits per heavy atom. The molecule has 0 bridgehead atoms. The van der Waals surface area contributed by atoms with Gasteiger partial charge in [-0.1, -0.05) is 140 Å². The van der Waals surface area contributed by atoms with E-state index in [2.05, 4.69) is 114 Å². The van der Waals surface area contributed by atoms with Gasteiger partial charge in [0.15, 0.2) is 17.2 Å². The Bertz CT molecular complexity index is 2820. The maximum absolute atomic E-state index is 6.55. The van der Waals surface area contributed by atoms with Crippen LogP contribution in [0.1, 0.15) is 0 Å². The number of hydrogen-bond acceptors (Lipinski definition) is 5. The van der Waals surface area contributed by atoms with Gasteiger partial charge in [0.1, 0.15) is 5.52 Å². The summed E-state index contributed by atoms with van der Waals surface area (Å²) in [5.74, 6) is 2.15. The van der Waals surface area contributed by atoms with Crippen LogP contribution in [0, 0.1) is 0 Å². The molecule has 0 aliphatic carbocycles. The normalized spacial score (nSPS) is 11.5. The minimum Gasteiger partial charge on any atom is -0.435 e. The Morgan fingerprint density at radius 3 is 1.48 bits per heavy atom. The molecule has 7 aromatic carbocycles. The highest BCUT2D eigenvalue weighted by atomic mass is 16.3. The third-order valence-electron chi connectivity index (χ3n) is 9.55. The van der Waals surface area contributed by atoms with Crippen molar-refractivity contribution in [3.05, 3.63) is 176 Å². The molecule has 244 valence electrons. The molecule has 0 saturated carbocycles. The lowest BCUT2D eigenvalue weighted by Gasteiger charge is -2.11. The number of para-hydroxylation sites is 3. The van der Waals surface area contributed by atoms with Crippen LogP contribution in [0.3, 0.4) is 0 Å². The summed E-state index contributed by atoms with van der Waals surface area (Å²) in [6.45, 7) is 0. The molecule has 52 heavy (non-hydrogen) atoms. The summed E-state index contributed by atoms with van der Waals surface area (Å²) in [5.41, 5.74) is 10.6. The van der Waals surface area contributed by atoms with Crippen molar-refractivity contribution in [2.24, 2.45) is 0 Å². The van der Waals surface area contributed by atoms with Crippen molar-refractivity contribution < 1.29 is 4.42 Å². The van der Waals surface area contributed by atoms with Gasteiger partial charge in [-0.25, -0.2) is 9.97 Å². The van der Waals surface area contributed by atoms with Gasteiger partial charge >= 0.3 is 0 Å². The summed E-state index contributed by atoms with van der Waals surface area (Å²) in [6.07, 6.45) is 0. The predicted octanol–water partition coefficient (Wildman–Crippen LogP) is 11.4. The molecule has 0 aliphatic heterocycles. The Kier molecular flexibility index (Phi) is 7.03. The van der Waals surface area contributed by atoms with Crippen molar-refractivity contribution >= 4 is 32.9 Å². The number of oxazole rings is 1. The number of fused-ring (bicyclic) bond motifs is 4. The van der Waals surface area contributed by atoms with E-state index in [1.165, 1.54) is 11.1 Å². The van der Waals surface area contributed by atoms with Crippen LogP contribution in [0.4, 0.5) is 0 Å². The second-order valence-corrected chi connectivity index (χ2v) is 12.7. The van der Waals surface area contributed by atoms with Gasteiger partial charge in [-0.2, -0.15) is 9.97 Å². The third kappa shape index (κ3) is 5.13. The van der Waals surface area contributed by atoms with Crippen LogP contribution in [0.5, 0.6) is 0 Å². The fraction of sp³-hybridized carbons (Fsp3) is 0. The van der Waals surface area contributed by atoms with Gasteiger partial charge in [-0.15, -0.1) is 0 Å². The van der Waals surface area contributed by atoms with Crippen molar-refractivity contribution in [1.29, 1.82) is 0 Å². The number of hydrogen-bond donors (Lipinski definition) is 0. The molecule has 0 atom stereocenters. The fourth-order valence-corrected chi connectivity index (χ4v) is 6.98. The Balaban J connectivity index is 1.06. The number of rotatable bonds is 6. The first kappa shape index (κ1) is 29.7. The highest BCUT2D eigenvalue weighted by Gasteiger charge is 2.20. The molecule has 10 rings (SSSR count). The largest absolute Gasteiger partial charge is 0.435 e. The van der Waals surface area contributed by atoms with Gasteiger partial charge in [0.05, 0.1) is 16.6 Å². The predicted molar refractivity (Wildman–Crippen MR) is 209 cm³/mol. The molecule has 0 radical (unpaired) electrons. The molecule has 0 N–H and O–H groups in total. The molecule has 6 nitrogen and oxygen atoms in total. The number of nitrogens with zero attached hydrogens (tertiary/aromatic N) is 5. The molecule has 3 heterocycles. The fourth-order valence-electron chi connectivity index (χ4n) is 6.98. The second kappa shape index (κ2) is 12.3. The molecule has 0 unspecified atom stereocenters. The molecule has 0 saturated heterocycles. The van der Waals surface area contributed by atoms with E-state index in [1.807, 2.05) is 66.7 Å². The van der Waals surface area contributed by atoms with Crippen molar-refractivity contribution in [3.8, 4) is 62.4 Å². The van der Waals surface area contributed by atoms with Crippen LogP contribution >= 0.6 is 0 Å². The van der Waals surface area contributed by atoms with Crippen LogP contribution in [0.25, 0.3) is 95.3 Å². The van der Waals surface area contributed by atoms with Gasteiger partial charge in [-0.05, 0) is 58.7 Å². The number of aromatic nitrogens is 5. The minimum absolute atomic E-state index is 0.508. The third-order valence-corrected chi connectivity index (χ3v) is 9.55. The molecule has 10 aromatic rings. The van der Waals surface area contributed by atoms with Gasteiger partial charge in [0, 0.05) is 21.9 Å². The molecule has 0 amide bonds. The monoisotopic (exact) mass is 667 g/mol. The van der Waals surface area contributed by atoms with Crippen LogP contribution in [-0.4, -0.2) is 24.5 Å². The highest BCUT2D eigenvalue weighted by Crippen LogP contribution is 2.35. The standard InChI is InChI=1S/C46H29N5O/c1-3-12-30(13-4-1)31-22-24-32(25-23-31)33-26-28-35(29-27-33)45-47-39-19-11-18-38(42(39)52-45)44-48-43(34-14-5-2-6-15-34)49-46(50-44)51-40-20-9-7-16-36(40)37-17-8-10-21-41(37)51/h1-29H. The van der Waals surface area contributed by atoms with Crippen molar-refractivity contribution in [3.63, 3.8) is 0 Å². The van der Waals surface area contributed by atoms with Gasteiger partial charge in [0.25, 0.3) is 0 Å². The van der Waals surface area contributed by atoms with E-state index in [9.17, 15) is 0 Å². The highest BCUT2D eigenvalue weighted by molar-refractivity contribution is 6.09. The van der Waals surface area contributed by atoms with Gasteiger partial charge in [0.2, 0.25) is 11.8 Å². The maximum Gasteiger partial charge on any atom is 0.238 e. The van der Waals surface area contributed by atoms with Gasteiger partial charge in [-0.3, -0.25) is 4.57 Å². The van der Waals surface area contributed by atoms with E-state index in [4.69, 9.17) is 24.4 Å². The molecule has 0 fully saturated rings. The van der Waals surface area contributed by atoms with E-state index in [0.29, 0.717) is 29.1 Å². The lowest BCUT2D eigenvalue weighted by atomic mass is 10.00. The summed E-state index contributed by atoms with van der Waals surface area (Å²) >= 11 is 0. The summed E-state index contributed by atoms with van der Waals surface area (Å²) in [5, 5.41) is 2.28. The van der Waals surface area contributed by atoms with E-state index < -0.39 is 0 Å². The first-order valence-electron chi connectivity index (χ1n) is 17.2. The summed E-state index contributed by atoms with van der Waals surface area (Å²) < 4.78 is 8.66. The van der Waals surface area contributed by atoms with Crippen LogP contribution in [0.15, 0.2) is 180 Å². The SMILES string of the molecule is c1ccc(-c2ccc(-c3ccc(-c4nc5cccc(-c6nc(-c7ccccc7)nc(-n7c8ccccc8c8ccccc87)n6)c5o4)cc3)cc2)cc1. The van der Waals surface area contributed by atoms with E-state index in [1.54, 1.807) is 0 Å². The summed E-state index contributed by atoms with van der Waals surface area (Å²) in [6, 6.07) is 60.0. The zero-order chi connectivity index (χ0) is 34.4. The molecular formula is C46H29N5O. The van der Waals surface area contributed by atoms with E-state index in [-0.39, 0.29) is 0 Å². The smallest absolute Gasteiger partial charge is 0.238 e. The molecule has 3 aromatic heterocycles. The van der Waals surface area contributed by atoms with E-state index in [0.717, 1.165) is 55.1 Å². The van der Waals surface area contributed by atoms with Crippen molar-refractivity contribution in [2.45, 2.75) is 0 Å². The molecule has 0 aliphatic rings. The summed E-state index contributed by atoms with van der Waals surface area (Å²) in [4.78, 5) is 20.1. The second-order valence-electron chi connectivity index (χ2n) is 12.7. The van der Waals surface area contributed by atoms with Crippen molar-refractivity contribution in [1.82, 2.24) is 24.5 Å². The van der Waals surface area contributed by atoms with Crippen molar-refractivity contribution in [2.75, 3.05) is 0 Å². The number of benzene rings is 7. The lowest BCUT2D eigenvalue weighted by Crippen LogP contribution is -2.06. The maximum atomic E-state index is 6.55. The first-order valence-corrected chi connectivity index (χ1v) is 17.2. The Labute approximate surface area is 299 Å². The Hall–Kier alpha value is -7.18. The topological polar surface area (TPSA) is 69.6 Å². The quantitative estimate of drug-likeness (QED) is 0.176. The average molecular weight is 668 g/mol. The first-order chi connectivity index (χ1) is 25.8. The molecule has 0 spiro atoms. The summed E-state index contributed by atoms with van der Waals surface area (Å²) in [7, 11) is 0. The minimum atomic E-state index is 0.508. The van der Waals surface area contributed by atoms with Gasteiger partial charge < -0.3 is 4.42 Å². The lowest BCUT2D eigenvalue weighted by molar-refractivity contribution is 0.620. The zero-order valence-corrected chi connectivity index (χ0v) is 27.9. The van der Waals surface area contributed by atoms with Crippen LogP contribution in [-0.2, 0) is 0 Å².